The van der Waals surface area contributed by atoms with Crippen LogP contribution in [-0.4, -0.2) is 37.1 Å². The summed E-state index contributed by atoms with van der Waals surface area (Å²) in [4.78, 5) is 2.34. The van der Waals surface area contributed by atoms with Crippen LogP contribution in [-0.2, 0) is 0 Å². The van der Waals surface area contributed by atoms with Crippen LogP contribution < -0.4 is 5.32 Å². The maximum atomic E-state index is 3.42. The zero-order valence-corrected chi connectivity index (χ0v) is 8.52. The minimum atomic E-state index is 0.600. The van der Waals surface area contributed by atoms with E-state index in [-0.39, 0.29) is 0 Å². The van der Waals surface area contributed by atoms with Crippen molar-refractivity contribution in [3.63, 3.8) is 0 Å². The van der Waals surface area contributed by atoms with E-state index in [0.717, 1.165) is 13.1 Å². The van der Waals surface area contributed by atoms with E-state index in [1.165, 1.54) is 0 Å². The fourth-order valence-corrected chi connectivity index (χ4v) is 0.874. The zero-order chi connectivity index (χ0) is 8.85. The molecule has 0 aliphatic carbocycles. The number of hydrogen-bond acceptors (Lipinski definition) is 2. The lowest BCUT2D eigenvalue weighted by atomic mass is 10.2. The topological polar surface area (TPSA) is 15.3 Å². The first kappa shape index (κ1) is 10.9. The normalized spacial score (nSPS) is 14.5. The molecule has 0 radical (unpaired) electrons. The van der Waals surface area contributed by atoms with Crippen LogP contribution in [0.5, 0.6) is 0 Å². The number of likely N-dealkylation sites (N-methyl/N-ethyl adjacent to an activating group) is 1. The van der Waals surface area contributed by atoms with Crippen LogP contribution in [0.25, 0.3) is 0 Å². The lowest BCUT2D eigenvalue weighted by Crippen LogP contribution is -2.39. The molecule has 0 aromatic rings. The number of nitrogens with one attached hydrogen (secondary N) is 1. The van der Waals surface area contributed by atoms with Crippen molar-refractivity contribution < 1.29 is 0 Å². The Hall–Kier alpha value is -0.0800. The smallest absolute Gasteiger partial charge is 0.0189 e. The molecule has 2 nitrogen and oxygen atoms in total. The molecule has 0 aliphatic heterocycles. The van der Waals surface area contributed by atoms with E-state index in [2.05, 4.69) is 45.0 Å². The van der Waals surface area contributed by atoms with Gasteiger partial charge in [-0.05, 0) is 20.5 Å². The first-order chi connectivity index (χ1) is 5.07. The molecule has 0 saturated heterocycles. The van der Waals surface area contributed by atoms with Crippen LogP contribution in [0.2, 0.25) is 0 Å². The Morgan fingerprint density at radius 1 is 1.27 bits per heavy atom. The van der Waals surface area contributed by atoms with Gasteiger partial charge in [-0.25, -0.2) is 0 Å². The molecule has 0 aromatic heterocycles. The molecular formula is C9H22N2. The van der Waals surface area contributed by atoms with Gasteiger partial charge in [0.25, 0.3) is 0 Å². The van der Waals surface area contributed by atoms with Crippen LogP contribution in [0, 0.1) is 0 Å². The van der Waals surface area contributed by atoms with Crippen molar-refractivity contribution in [3.05, 3.63) is 0 Å². The van der Waals surface area contributed by atoms with E-state index < -0.39 is 0 Å². The third kappa shape index (κ3) is 5.22. The standard InChI is InChI=1S/C9H22N2/c1-6-11(5)9(4)7-10-8(2)3/h8-10H,6-7H2,1-5H3. The van der Waals surface area contributed by atoms with Crippen molar-refractivity contribution in [1.82, 2.24) is 10.2 Å². The summed E-state index contributed by atoms with van der Waals surface area (Å²) in [6.07, 6.45) is 0. The molecule has 0 rings (SSSR count). The maximum absolute atomic E-state index is 3.42. The molecule has 11 heavy (non-hydrogen) atoms. The molecule has 2 heteroatoms. The molecule has 0 aromatic carbocycles. The van der Waals surface area contributed by atoms with E-state index in [0.29, 0.717) is 12.1 Å². The average Bonchev–Trinajstić information content (AvgIpc) is 1.98. The minimum Gasteiger partial charge on any atom is -0.313 e. The Labute approximate surface area is 71.0 Å². The quantitative estimate of drug-likeness (QED) is 0.649. The van der Waals surface area contributed by atoms with Crippen molar-refractivity contribution in [2.75, 3.05) is 20.1 Å². The molecule has 0 saturated carbocycles. The lowest BCUT2D eigenvalue weighted by molar-refractivity contribution is 0.259. The Kier molecular flexibility index (Phi) is 5.51. The lowest BCUT2D eigenvalue weighted by Gasteiger charge is -2.24. The Bertz CT molecular complexity index is 91.6. The summed E-state index contributed by atoms with van der Waals surface area (Å²) in [6.45, 7) is 11.0. The Morgan fingerprint density at radius 2 is 1.82 bits per heavy atom. The molecule has 68 valence electrons. The average molecular weight is 158 g/mol. The van der Waals surface area contributed by atoms with Crippen molar-refractivity contribution >= 4 is 0 Å². The van der Waals surface area contributed by atoms with Gasteiger partial charge in [0.1, 0.15) is 0 Å². The minimum absolute atomic E-state index is 0.600. The largest absolute Gasteiger partial charge is 0.313 e. The highest BCUT2D eigenvalue weighted by Crippen LogP contribution is 1.92. The molecular weight excluding hydrogens is 136 g/mol. The molecule has 0 bridgehead atoms. The Balaban J connectivity index is 3.43. The van der Waals surface area contributed by atoms with Gasteiger partial charge < -0.3 is 10.2 Å². The fraction of sp³-hybridized carbons (Fsp3) is 1.00. The van der Waals surface area contributed by atoms with E-state index in [1.54, 1.807) is 0 Å². The van der Waals surface area contributed by atoms with E-state index in [1.807, 2.05) is 0 Å². The predicted octanol–water partition coefficient (Wildman–Crippen LogP) is 1.32. The first-order valence-corrected chi connectivity index (χ1v) is 4.51. The molecule has 0 amide bonds. The van der Waals surface area contributed by atoms with Crippen molar-refractivity contribution in [2.45, 2.75) is 39.8 Å². The molecule has 1 atom stereocenters. The highest BCUT2D eigenvalue weighted by Gasteiger charge is 2.05. The van der Waals surface area contributed by atoms with Gasteiger partial charge in [0.05, 0.1) is 0 Å². The Morgan fingerprint density at radius 3 is 2.18 bits per heavy atom. The van der Waals surface area contributed by atoms with Gasteiger partial charge in [0, 0.05) is 18.6 Å². The molecule has 0 aliphatic rings. The summed E-state index contributed by atoms with van der Waals surface area (Å²) in [5.74, 6) is 0. The molecule has 0 spiro atoms. The van der Waals surface area contributed by atoms with Crippen molar-refractivity contribution in [3.8, 4) is 0 Å². The van der Waals surface area contributed by atoms with Gasteiger partial charge in [-0.1, -0.05) is 20.8 Å². The van der Waals surface area contributed by atoms with Crippen LogP contribution in [0.3, 0.4) is 0 Å². The predicted molar refractivity (Wildman–Crippen MR) is 50.9 cm³/mol. The SMILES string of the molecule is CCN(C)C(C)CNC(C)C. The van der Waals surface area contributed by atoms with Crippen LogP contribution >= 0.6 is 0 Å². The highest BCUT2D eigenvalue weighted by atomic mass is 15.1. The molecule has 0 fully saturated rings. The fourth-order valence-electron chi connectivity index (χ4n) is 0.874. The maximum Gasteiger partial charge on any atom is 0.0189 e. The van der Waals surface area contributed by atoms with E-state index in [9.17, 15) is 0 Å². The third-order valence-corrected chi connectivity index (χ3v) is 2.07. The zero-order valence-electron chi connectivity index (χ0n) is 8.52. The highest BCUT2D eigenvalue weighted by molar-refractivity contribution is 4.66. The summed E-state index contributed by atoms with van der Waals surface area (Å²) in [7, 11) is 2.16. The number of rotatable bonds is 5. The molecule has 0 heterocycles. The van der Waals surface area contributed by atoms with Gasteiger partial charge in [0.2, 0.25) is 0 Å². The van der Waals surface area contributed by atoms with Crippen LogP contribution in [0.15, 0.2) is 0 Å². The second kappa shape index (κ2) is 5.56. The summed E-state index contributed by atoms with van der Waals surface area (Å²) in [6, 6.07) is 1.24. The summed E-state index contributed by atoms with van der Waals surface area (Å²) < 4.78 is 0. The second-order valence-corrected chi connectivity index (χ2v) is 3.49. The van der Waals surface area contributed by atoms with Crippen LogP contribution in [0.1, 0.15) is 27.7 Å². The molecule has 1 unspecified atom stereocenters. The summed E-state index contributed by atoms with van der Waals surface area (Å²) >= 11 is 0. The van der Waals surface area contributed by atoms with E-state index in [4.69, 9.17) is 0 Å². The van der Waals surface area contributed by atoms with Gasteiger partial charge in [-0.3, -0.25) is 0 Å². The number of hydrogen-bond donors (Lipinski definition) is 1. The second-order valence-electron chi connectivity index (χ2n) is 3.49. The summed E-state index contributed by atoms with van der Waals surface area (Å²) in [5.41, 5.74) is 0. The van der Waals surface area contributed by atoms with Crippen molar-refractivity contribution in [1.29, 1.82) is 0 Å². The van der Waals surface area contributed by atoms with Gasteiger partial charge >= 0.3 is 0 Å². The van der Waals surface area contributed by atoms with E-state index >= 15 is 0 Å². The third-order valence-electron chi connectivity index (χ3n) is 2.07. The van der Waals surface area contributed by atoms with Crippen LogP contribution in [0.4, 0.5) is 0 Å². The number of nitrogens with zero attached hydrogens (tertiary/aromatic N) is 1. The van der Waals surface area contributed by atoms with Gasteiger partial charge in [-0.15, -0.1) is 0 Å². The van der Waals surface area contributed by atoms with Crippen molar-refractivity contribution in [2.24, 2.45) is 0 Å². The van der Waals surface area contributed by atoms with Gasteiger partial charge in [-0.2, -0.15) is 0 Å². The van der Waals surface area contributed by atoms with Gasteiger partial charge in [0.15, 0.2) is 0 Å². The monoisotopic (exact) mass is 158 g/mol. The first-order valence-electron chi connectivity index (χ1n) is 4.51. The summed E-state index contributed by atoms with van der Waals surface area (Å²) in [5, 5.41) is 3.42. The molecule has 1 N–H and O–H groups in total.